The first-order chi connectivity index (χ1) is 9.79. The maximum atomic E-state index is 12.2. The third-order valence-electron chi connectivity index (χ3n) is 2.64. The molecule has 6 nitrogen and oxygen atoms in total. The normalized spacial score (nSPS) is 11.1. The van der Waals surface area contributed by atoms with Crippen molar-refractivity contribution in [3.05, 3.63) is 47.2 Å². The van der Waals surface area contributed by atoms with E-state index in [1.807, 2.05) is 0 Å². The molecule has 1 aromatic heterocycles. The van der Waals surface area contributed by atoms with Gasteiger partial charge in [0.2, 0.25) is 0 Å². The van der Waals surface area contributed by atoms with E-state index in [1.54, 1.807) is 12.1 Å². The van der Waals surface area contributed by atoms with E-state index in [0.29, 0.717) is 0 Å². The van der Waals surface area contributed by atoms with Gasteiger partial charge in [-0.05, 0) is 18.2 Å². The average Bonchev–Trinajstić information content (AvgIpc) is 2.41. The minimum absolute atomic E-state index is 0.0152. The van der Waals surface area contributed by atoms with Gasteiger partial charge in [-0.3, -0.25) is 4.79 Å². The summed E-state index contributed by atoms with van der Waals surface area (Å²) in [5.41, 5.74) is 6.08. The summed E-state index contributed by atoms with van der Waals surface area (Å²) < 4.78 is 23.4. The zero-order valence-electron chi connectivity index (χ0n) is 11.0. The van der Waals surface area contributed by atoms with Crippen molar-refractivity contribution in [1.29, 1.82) is 0 Å². The van der Waals surface area contributed by atoms with Crippen LogP contribution >= 0.6 is 11.6 Å². The second-order valence-corrected chi connectivity index (χ2v) is 6.67. The fourth-order valence-corrected chi connectivity index (χ4v) is 2.74. The molecule has 2 rings (SSSR count). The van der Waals surface area contributed by atoms with Crippen molar-refractivity contribution in [3.8, 4) is 0 Å². The smallest absolute Gasteiger partial charge is 0.258 e. The molecule has 2 aromatic rings. The zero-order chi connectivity index (χ0) is 15.6. The van der Waals surface area contributed by atoms with E-state index in [4.69, 9.17) is 17.3 Å². The first-order valence-corrected chi connectivity index (χ1v) is 8.07. The Labute approximate surface area is 126 Å². The summed E-state index contributed by atoms with van der Waals surface area (Å²) in [6.07, 6.45) is 2.39. The number of para-hydroxylation sites is 1. The first-order valence-electron chi connectivity index (χ1n) is 5.80. The fraction of sp³-hybridized carbons (Fsp3) is 0.0769. The molecule has 0 fully saturated rings. The van der Waals surface area contributed by atoms with Gasteiger partial charge in [0.25, 0.3) is 5.91 Å². The molecule has 0 atom stereocenters. The van der Waals surface area contributed by atoms with Gasteiger partial charge >= 0.3 is 0 Å². The number of benzene rings is 1. The highest BCUT2D eigenvalue weighted by Gasteiger charge is 2.17. The minimum Gasteiger partial charge on any atom is -0.397 e. The molecule has 110 valence electrons. The average molecular weight is 326 g/mol. The fourth-order valence-electron chi connectivity index (χ4n) is 1.71. The number of nitrogens with one attached hydrogen (secondary N) is 1. The Kier molecular flexibility index (Phi) is 4.15. The second kappa shape index (κ2) is 5.71. The van der Waals surface area contributed by atoms with Crippen LogP contribution in [0.4, 0.5) is 11.4 Å². The number of nitrogen functional groups attached to an aromatic ring is 1. The zero-order valence-corrected chi connectivity index (χ0v) is 12.6. The van der Waals surface area contributed by atoms with E-state index in [9.17, 15) is 13.2 Å². The molecule has 21 heavy (non-hydrogen) atoms. The molecule has 1 heterocycles. The predicted octanol–water partition coefficient (Wildman–Crippen LogP) is 1.97. The summed E-state index contributed by atoms with van der Waals surface area (Å²) in [6, 6.07) is 7.45. The highest BCUT2D eigenvalue weighted by molar-refractivity contribution is 7.90. The Balaban J connectivity index is 2.39. The van der Waals surface area contributed by atoms with E-state index in [-0.39, 0.29) is 27.0 Å². The highest BCUT2D eigenvalue weighted by atomic mass is 35.5. The van der Waals surface area contributed by atoms with Crippen LogP contribution in [0.15, 0.2) is 41.4 Å². The molecule has 3 N–H and O–H groups in total. The van der Waals surface area contributed by atoms with Crippen LogP contribution in [-0.2, 0) is 9.84 Å². The van der Waals surface area contributed by atoms with Crippen molar-refractivity contribution < 1.29 is 13.2 Å². The molecule has 0 spiro atoms. The van der Waals surface area contributed by atoms with E-state index >= 15 is 0 Å². The van der Waals surface area contributed by atoms with Crippen molar-refractivity contribution in [2.24, 2.45) is 0 Å². The molecule has 1 amide bonds. The van der Waals surface area contributed by atoms with Crippen molar-refractivity contribution in [2.45, 2.75) is 4.90 Å². The molecule has 1 aromatic carbocycles. The number of pyridine rings is 1. The molecule has 0 saturated heterocycles. The number of carbonyl (C=O) groups is 1. The third-order valence-corrected chi connectivity index (χ3v) is 4.10. The standard InChI is InChI=1S/C13H12ClN3O3S/c1-21(19,20)11-5-3-2-4-10(11)17-13(18)9-6-8(15)7-16-12(9)14/h2-7H,15H2,1H3,(H,17,18). The number of rotatable bonds is 3. The Morgan fingerprint density at radius 2 is 2.00 bits per heavy atom. The van der Waals surface area contributed by atoms with Crippen LogP contribution in [0.25, 0.3) is 0 Å². The number of aromatic nitrogens is 1. The van der Waals surface area contributed by atoms with Gasteiger partial charge in [0, 0.05) is 6.26 Å². The Bertz CT molecular complexity index is 806. The Hall–Kier alpha value is -2.12. The number of halogens is 1. The Morgan fingerprint density at radius 1 is 1.33 bits per heavy atom. The lowest BCUT2D eigenvalue weighted by Crippen LogP contribution is -2.15. The van der Waals surface area contributed by atoms with Gasteiger partial charge in [-0.15, -0.1) is 0 Å². The molecule has 0 bridgehead atoms. The summed E-state index contributed by atoms with van der Waals surface area (Å²) in [4.78, 5) is 16.0. The lowest BCUT2D eigenvalue weighted by Gasteiger charge is -2.10. The first kappa shape index (κ1) is 15.3. The van der Waals surface area contributed by atoms with Gasteiger partial charge in [-0.1, -0.05) is 23.7 Å². The lowest BCUT2D eigenvalue weighted by atomic mass is 10.2. The molecular formula is C13H12ClN3O3S. The van der Waals surface area contributed by atoms with Crippen molar-refractivity contribution in [1.82, 2.24) is 4.98 Å². The van der Waals surface area contributed by atoms with Crippen LogP contribution in [0.1, 0.15) is 10.4 Å². The number of sulfone groups is 1. The molecular weight excluding hydrogens is 314 g/mol. The van der Waals surface area contributed by atoms with Gasteiger partial charge in [0.15, 0.2) is 9.84 Å². The molecule has 0 aliphatic carbocycles. The number of anilines is 2. The maximum absolute atomic E-state index is 12.2. The molecule has 0 radical (unpaired) electrons. The summed E-state index contributed by atoms with van der Waals surface area (Å²) in [5, 5.41) is 2.49. The SMILES string of the molecule is CS(=O)(=O)c1ccccc1NC(=O)c1cc(N)cnc1Cl. The second-order valence-electron chi connectivity index (χ2n) is 4.33. The van der Waals surface area contributed by atoms with Gasteiger partial charge in [-0.25, -0.2) is 13.4 Å². The maximum Gasteiger partial charge on any atom is 0.258 e. The number of amides is 1. The quantitative estimate of drug-likeness (QED) is 0.840. The van der Waals surface area contributed by atoms with E-state index in [0.717, 1.165) is 6.26 Å². The summed E-state index contributed by atoms with van der Waals surface area (Å²) in [7, 11) is -3.47. The number of nitrogens with two attached hydrogens (primary N) is 1. The monoisotopic (exact) mass is 325 g/mol. The number of hydrogen-bond acceptors (Lipinski definition) is 5. The summed E-state index contributed by atoms with van der Waals surface area (Å²) >= 11 is 5.84. The predicted molar refractivity (Wildman–Crippen MR) is 81.2 cm³/mol. The van der Waals surface area contributed by atoms with Gasteiger partial charge in [-0.2, -0.15) is 0 Å². The van der Waals surface area contributed by atoms with Crippen molar-refractivity contribution in [2.75, 3.05) is 17.3 Å². The van der Waals surface area contributed by atoms with Crippen LogP contribution in [0.3, 0.4) is 0 Å². The lowest BCUT2D eigenvalue weighted by molar-refractivity contribution is 0.102. The van der Waals surface area contributed by atoms with Crippen LogP contribution in [0, 0.1) is 0 Å². The highest BCUT2D eigenvalue weighted by Crippen LogP contribution is 2.23. The third kappa shape index (κ3) is 3.50. The minimum atomic E-state index is -3.47. The molecule has 0 saturated carbocycles. The van der Waals surface area contributed by atoms with Gasteiger partial charge in [0.05, 0.1) is 28.0 Å². The molecule has 0 aliphatic heterocycles. The van der Waals surface area contributed by atoms with Gasteiger partial charge in [0.1, 0.15) is 5.15 Å². The topological polar surface area (TPSA) is 102 Å². The molecule has 0 unspecified atom stereocenters. The van der Waals surface area contributed by atoms with Crippen LogP contribution < -0.4 is 11.1 Å². The number of hydrogen-bond donors (Lipinski definition) is 2. The van der Waals surface area contributed by atoms with E-state index in [1.165, 1.54) is 24.4 Å². The summed E-state index contributed by atoms with van der Waals surface area (Å²) in [5.74, 6) is -0.587. The Morgan fingerprint density at radius 3 is 2.67 bits per heavy atom. The molecule has 0 aliphatic rings. The summed E-state index contributed by atoms with van der Waals surface area (Å²) in [6.45, 7) is 0. The van der Waals surface area contributed by atoms with Crippen molar-refractivity contribution >= 4 is 38.7 Å². The van der Waals surface area contributed by atoms with E-state index in [2.05, 4.69) is 10.3 Å². The van der Waals surface area contributed by atoms with E-state index < -0.39 is 15.7 Å². The molecule has 8 heteroatoms. The van der Waals surface area contributed by atoms with Crippen LogP contribution in [-0.4, -0.2) is 25.6 Å². The van der Waals surface area contributed by atoms with Crippen LogP contribution in [0.5, 0.6) is 0 Å². The number of carbonyl (C=O) groups excluding carboxylic acids is 1. The van der Waals surface area contributed by atoms with Gasteiger partial charge < -0.3 is 11.1 Å². The van der Waals surface area contributed by atoms with Crippen molar-refractivity contribution in [3.63, 3.8) is 0 Å². The largest absolute Gasteiger partial charge is 0.397 e. The number of nitrogens with zero attached hydrogens (tertiary/aromatic N) is 1. The van der Waals surface area contributed by atoms with Crippen LogP contribution in [0.2, 0.25) is 5.15 Å².